The molecule has 26 heavy (non-hydrogen) atoms. The van der Waals surface area contributed by atoms with Crippen LogP contribution in [-0.2, 0) is 21.3 Å². The highest BCUT2D eigenvalue weighted by atomic mass is 32.2. The molecule has 0 amide bonds. The quantitative estimate of drug-likeness (QED) is 0.737. The van der Waals surface area contributed by atoms with Crippen molar-refractivity contribution in [1.82, 2.24) is 13.9 Å². The summed E-state index contributed by atoms with van der Waals surface area (Å²) in [6.07, 6.45) is 5.26. The number of imidazole rings is 1. The van der Waals surface area contributed by atoms with Crippen LogP contribution in [0, 0.1) is 0 Å². The summed E-state index contributed by atoms with van der Waals surface area (Å²) in [6.45, 7) is 2.36. The standard InChI is InChI=1S/C18H25N3O4S/c1-24-13-12-20-11-8-19-18(20)15-6-9-21(10-7-15)26(22,23)17-5-3-4-16(14-17)25-2/h3-5,8,11,14-15H,6-7,9-10,12-13H2,1-2H3. The molecule has 0 N–H and O–H groups in total. The van der Waals surface area contributed by atoms with Crippen LogP contribution in [0.1, 0.15) is 24.6 Å². The van der Waals surface area contributed by atoms with Crippen LogP contribution in [0.5, 0.6) is 5.75 Å². The van der Waals surface area contributed by atoms with Gasteiger partial charge in [0.2, 0.25) is 10.0 Å². The fourth-order valence-electron chi connectivity index (χ4n) is 3.32. The Morgan fingerprint density at radius 1 is 1.23 bits per heavy atom. The fourth-order valence-corrected chi connectivity index (χ4v) is 4.83. The molecule has 142 valence electrons. The number of sulfonamides is 1. The van der Waals surface area contributed by atoms with Crippen molar-refractivity contribution in [2.45, 2.75) is 30.2 Å². The molecule has 1 aliphatic rings. The third-order valence-corrected chi connectivity index (χ3v) is 6.68. The second kappa shape index (κ2) is 8.20. The third-order valence-electron chi connectivity index (χ3n) is 4.78. The number of piperidine rings is 1. The molecule has 0 unspecified atom stereocenters. The van der Waals surface area contributed by atoms with E-state index >= 15 is 0 Å². The van der Waals surface area contributed by atoms with Crippen LogP contribution >= 0.6 is 0 Å². The van der Waals surface area contributed by atoms with E-state index in [2.05, 4.69) is 9.55 Å². The Kier molecular flexibility index (Phi) is 5.95. The summed E-state index contributed by atoms with van der Waals surface area (Å²) in [5, 5.41) is 0. The molecule has 1 aliphatic heterocycles. The number of nitrogens with zero attached hydrogens (tertiary/aromatic N) is 3. The highest BCUT2D eigenvalue weighted by Gasteiger charge is 2.31. The van der Waals surface area contributed by atoms with Crippen LogP contribution in [-0.4, -0.2) is 56.2 Å². The Morgan fingerprint density at radius 2 is 2.00 bits per heavy atom. The van der Waals surface area contributed by atoms with E-state index in [0.717, 1.165) is 25.2 Å². The Balaban J connectivity index is 1.69. The first-order valence-corrected chi connectivity index (χ1v) is 10.1. The minimum absolute atomic E-state index is 0.263. The van der Waals surface area contributed by atoms with Crippen LogP contribution < -0.4 is 4.74 Å². The van der Waals surface area contributed by atoms with Crippen LogP contribution in [0.25, 0.3) is 0 Å². The monoisotopic (exact) mass is 379 g/mol. The Morgan fingerprint density at radius 3 is 2.69 bits per heavy atom. The molecule has 3 rings (SSSR count). The second-order valence-corrected chi connectivity index (χ2v) is 8.27. The Labute approximate surface area is 154 Å². The van der Waals surface area contributed by atoms with Gasteiger partial charge in [0.25, 0.3) is 0 Å². The molecule has 1 aromatic heterocycles. The molecule has 7 nitrogen and oxygen atoms in total. The summed E-state index contributed by atoms with van der Waals surface area (Å²) in [6, 6.07) is 6.62. The zero-order valence-electron chi connectivity index (χ0n) is 15.2. The van der Waals surface area contributed by atoms with Gasteiger partial charge in [-0.2, -0.15) is 4.31 Å². The molecule has 0 spiro atoms. The molecule has 0 radical (unpaired) electrons. The molecule has 8 heteroatoms. The van der Waals surface area contributed by atoms with Gasteiger partial charge in [-0.3, -0.25) is 0 Å². The van der Waals surface area contributed by atoms with E-state index in [-0.39, 0.29) is 10.8 Å². The van der Waals surface area contributed by atoms with Crippen LogP contribution in [0.4, 0.5) is 0 Å². The van der Waals surface area contributed by atoms with Crippen molar-refractivity contribution >= 4 is 10.0 Å². The normalized spacial score (nSPS) is 16.7. The highest BCUT2D eigenvalue weighted by molar-refractivity contribution is 7.89. The maximum Gasteiger partial charge on any atom is 0.243 e. The first-order valence-electron chi connectivity index (χ1n) is 8.70. The molecule has 2 heterocycles. The number of rotatable bonds is 7. The molecular weight excluding hydrogens is 354 g/mol. The largest absolute Gasteiger partial charge is 0.497 e. The Hall–Kier alpha value is -1.90. The minimum Gasteiger partial charge on any atom is -0.497 e. The van der Waals surface area contributed by atoms with E-state index in [1.165, 1.54) is 7.11 Å². The SMILES string of the molecule is COCCn1ccnc1C1CCN(S(=O)(=O)c2cccc(OC)c2)CC1. The van der Waals surface area contributed by atoms with E-state index in [9.17, 15) is 8.42 Å². The summed E-state index contributed by atoms with van der Waals surface area (Å²) >= 11 is 0. The van der Waals surface area contributed by atoms with E-state index < -0.39 is 10.0 Å². The van der Waals surface area contributed by atoms with Crippen molar-refractivity contribution in [2.75, 3.05) is 33.9 Å². The second-order valence-electron chi connectivity index (χ2n) is 6.33. The lowest BCUT2D eigenvalue weighted by molar-refractivity contribution is 0.185. The summed E-state index contributed by atoms with van der Waals surface area (Å²) in [5.41, 5.74) is 0. The molecule has 1 aromatic carbocycles. The summed E-state index contributed by atoms with van der Waals surface area (Å²) in [5.74, 6) is 1.82. The fraction of sp³-hybridized carbons (Fsp3) is 0.500. The smallest absolute Gasteiger partial charge is 0.243 e. The maximum atomic E-state index is 12.9. The number of benzene rings is 1. The van der Waals surface area contributed by atoms with Gasteiger partial charge >= 0.3 is 0 Å². The first kappa shape index (κ1) is 18.9. The average molecular weight is 379 g/mol. The van der Waals surface area contributed by atoms with E-state index in [1.807, 2.05) is 6.20 Å². The van der Waals surface area contributed by atoms with Crippen molar-refractivity contribution in [3.63, 3.8) is 0 Å². The van der Waals surface area contributed by atoms with Gasteiger partial charge in [0.1, 0.15) is 11.6 Å². The lowest BCUT2D eigenvalue weighted by Crippen LogP contribution is -2.38. The number of hydrogen-bond donors (Lipinski definition) is 0. The summed E-state index contributed by atoms with van der Waals surface area (Å²) in [7, 11) is -0.295. The van der Waals surface area contributed by atoms with Gasteiger partial charge in [0, 0.05) is 51.1 Å². The van der Waals surface area contributed by atoms with Crippen molar-refractivity contribution in [3.8, 4) is 5.75 Å². The zero-order valence-corrected chi connectivity index (χ0v) is 16.0. The van der Waals surface area contributed by atoms with Crippen molar-refractivity contribution in [1.29, 1.82) is 0 Å². The molecule has 1 fully saturated rings. The van der Waals surface area contributed by atoms with Gasteiger partial charge < -0.3 is 14.0 Å². The number of aromatic nitrogens is 2. The highest BCUT2D eigenvalue weighted by Crippen LogP contribution is 2.30. The van der Waals surface area contributed by atoms with Gasteiger partial charge in [-0.25, -0.2) is 13.4 Å². The lowest BCUT2D eigenvalue weighted by Gasteiger charge is -2.31. The van der Waals surface area contributed by atoms with E-state index in [1.54, 1.807) is 41.9 Å². The average Bonchev–Trinajstić information content (AvgIpc) is 3.15. The van der Waals surface area contributed by atoms with Crippen molar-refractivity contribution in [3.05, 3.63) is 42.5 Å². The number of methoxy groups -OCH3 is 2. The first-order chi connectivity index (χ1) is 12.6. The van der Waals surface area contributed by atoms with E-state index in [0.29, 0.717) is 25.4 Å². The molecule has 0 atom stereocenters. The van der Waals surface area contributed by atoms with Crippen LogP contribution in [0.3, 0.4) is 0 Å². The number of ether oxygens (including phenoxy) is 2. The Bertz CT molecular complexity index is 826. The topological polar surface area (TPSA) is 73.7 Å². The molecule has 0 aliphatic carbocycles. The van der Waals surface area contributed by atoms with E-state index in [4.69, 9.17) is 9.47 Å². The number of hydrogen-bond acceptors (Lipinski definition) is 5. The maximum absolute atomic E-state index is 12.9. The van der Waals surface area contributed by atoms with Gasteiger partial charge in [-0.15, -0.1) is 0 Å². The molecule has 2 aromatic rings. The molecule has 0 saturated carbocycles. The zero-order chi connectivity index (χ0) is 18.6. The van der Waals surface area contributed by atoms with Crippen LogP contribution in [0.2, 0.25) is 0 Å². The van der Waals surface area contributed by atoms with Gasteiger partial charge in [-0.05, 0) is 25.0 Å². The lowest BCUT2D eigenvalue weighted by atomic mass is 9.97. The van der Waals surface area contributed by atoms with Gasteiger partial charge in [0.05, 0.1) is 18.6 Å². The predicted octanol–water partition coefficient (Wildman–Crippen LogP) is 2.11. The van der Waals surface area contributed by atoms with Crippen molar-refractivity contribution < 1.29 is 17.9 Å². The van der Waals surface area contributed by atoms with Crippen LogP contribution in [0.15, 0.2) is 41.6 Å². The molecule has 1 saturated heterocycles. The van der Waals surface area contributed by atoms with Gasteiger partial charge in [0.15, 0.2) is 0 Å². The van der Waals surface area contributed by atoms with Crippen molar-refractivity contribution in [2.24, 2.45) is 0 Å². The van der Waals surface area contributed by atoms with Gasteiger partial charge in [-0.1, -0.05) is 6.07 Å². The summed E-state index contributed by atoms with van der Waals surface area (Å²) < 4.78 is 39.7. The third kappa shape index (κ3) is 3.92. The minimum atomic E-state index is -3.51. The summed E-state index contributed by atoms with van der Waals surface area (Å²) in [4.78, 5) is 4.76. The molecular formula is C18H25N3O4S. The molecule has 0 bridgehead atoms. The predicted molar refractivity (Wildman–Crippen MR) is 97.8 cm³/mol.